The molecule has 84 valence electrons. The summed E-state index contributed by atoms with van der Waals surface area (Å²) in [5.41, 5.74) is 2.55. The first-order valence-electron chi connectivity index (χ1n) is 5.55. The predicted molar refractivity (Wildman–Crippen MR) is 72.9 cm³/mol. The van der Waals surface area contributed by atoms with E-state index in [0.29, 0.717) is 0 Å². The molecule has 0 heterocycles. The summed E-state index contributed by atoms with van der Waals surface area (Å²) in [6.45, 7) is 2.05. The van der Waals surface area contributed by atoms with Gasteiger partial charge >= 0.3 is 0 Å². The van der Waals surface area contributed by atoms with E-state index in [1.807, 2.05) is 19.1 Å². The van der Waals surface area contributed by atoms with Gasteiger partial charge in [0.1, 0.15) is 0 Å². The minimum Gasteiger partial charge on any atom is -0.127 e. The lowest BCUT2D eigenvalue weighted by molar-refractivity contribution is 1.10. The summed E-state index contributed by atoms with van der Waals surface area (Å²) in [6, 6.07) is 20.8. The van der Waals surface area contributed by atoms with Crippen molar-refractivity contribution in [3.8, 4) is 11.1 Å². The van der Waals surface area contributed by atoms with Crippen molar-refractivity contribution in [2.75, 3.05) is 5.88 Å². The van der Waals surface area contributed by atoms with Crippen LogP contribution in [0.1, 0.15) is 13.3 Å². The van der Waals surface area contributed by atoms with Crippen molar-refractivity contribution in [2.45, 2.75) is 13.3 Å². The lowest BCUT2D eigenvalue weighted by Crippen LogP contribution is -1.73. The van der Waals surface area contributed by atoms with Gasteiger partial charge in [-0.25, -0.2) is 0 Å². The molecule has 0 N–H and O–H groups in total. The quantitative estimate of drug-likeness (QED) is 0.640. The Labute approximate surface area is 103 Å². The molecule has 0 aromatic heterocycles. The molecule has 0 aliphatic heterocycles. The summed E-state index contributed by atoms with van der Waals surface area (Å²) < 4.78 is 0. The van der Waals surface area contributed by atoms with Gasteiger partial charge in [0.05, 0.1) is 0 Å². The molecule has 16 heavy (non-hydrogen) atoms. The normalized spacial score (nSPS) is 9.12. The Balaban J connectivity index is 0.000000280. The van der Waals surface area contributed by atoms with Crippen molar-refractivity contribution in [1.29, 1.82) is 0 Å². The third kappa shape index (κ3) is 4.50. The van der Waals surface area contributed by atoms with E-state index < -0.39 is 0 Å². The lowest BCUT2D eigenvalue weighted by Gasteiger charge is -1.98. The van der Waals surface area contributed by atoms with Crippen LogP contribution in [0.2, 0.25) is 0 Å². The monoisotopic (exact) mass is 232 g/mol. The number of benzene rings is 2. The summed E-state index contributed by atoms with van der Waals surface area (Å²) in [7, 11) is 0. The molecule has 0 amide bonds. The van der Waals surface area contributed by atoms with Gasteiger partial charge in [-0.3, -0.25) is 0 Å². The topological polar surface area (TPSA) is 0 Å². The largest absolute Gasteiger partial charge is 0.127 e. The van der Waals surface area contributed by atoms with Crippen LogP contribution in [-0.2, 0) is 0 Å². The lowest BCUT2D eigenvalue weighted by atomic mass is 10.1. The third-order valence-corrected chi connectivity index (χ3v) is 2.45. The van der Waals surface area contributed by atoms with Crippen molar-refractivity contribution in [3.63, 3.8) is 0 Å². The minimum absolute atomic E-state index is 0.792. The van der Waals surface area contributed by atoms with Crippen LogP contribution in [0.25, 0.3) is 11.1 Å². The molecule has 0 fully saturated rings. The van der Waals surface area contributed by atoms with E-state index in [-0.39, 0.29) is 0 Å². The molecular formula is C15H17Cl. The van der Waals surface area contributed by atoms with Gasteiger partial charge < -0.3 is 0 Å². The highest BCUT2D eigenvalue weighted by Crippen LogP contribution is 2.17. The van der Waals surface area contributed by atoms with E-state index in [1.165, 1.54) is 11.1 Å². The number of halogens is 1. The van der Waals surface area contributed by atoms with Crippen LogP contribution in [0, 0.1) is 0 Å². The van der Waals surface area contributed by atoms with Crippen LogP contribution in [0.3, 0.4) is 0 Å². The van der Waals surface area contributed by atoms with Gasteiger partial charge in [-0.05, 0) is 17.5 Å². The van der Waals surface area contributed by atoms with Crippen LogP contribution in [0.4, 0.5) is 0 Å². The summed E-state index contributed by atoms with van der Waals surface area (Å²) in [4.78, 5) is 0. The zero-order chi connectivity index (χ0) is 11.6. The Kier molecular flexibility index (Phi) is 6.36. The smallest absolute Gasteiger partial charge is 0.0220 e. The van der Waals surface area contributed by atoms with E-state index >= 15 is 0 Å². The second kappa shape index (κ2) is 7.95. The second-order valence-electron chi connectivity index (χ2n) is 3.42. The standard InChI is InChI=1S/C12H10.C3H7Cl/c1-3-7-11(8-4-1)12-9-5-2-6-10-12;1-2-3-4/h1-10H;2-3H2,1H3. The summed E-state index contributed by atoms with van der Waals surface area (Å²) >= 11 is 5.19. The average molecular weight is 233 g/mol. The Morgan fingerprint density at radius 1 is 0.750 bits per heavy atom. The maximum Gasteiger partial charge on any atom is 0.0220 e. The van der Waals surface area contributed by atoms with E-state index in [0.717, 1.165) is 12.3 Å². The fourth-order valence-corrected chi connectivity index (χ4v) is 1.26. The van der Waals surface area contributed by atoms with Crippen LogP contribution < -0.4 is 0 Å². The van der Waals surface area contributed by atoms with E-state index in [4.69, 9.17) is 11.6 Å². The van der Waals surface area contributed by atoms with Crippen LogP contribution in [-0.4, -0.2) is 5.88 Å². The molecule has 0 spiro atoms. The van der Waals surface area contributed by atoms with Crippen LogP contribution in [0.15, 0.2) is 60.7 Å². The SMILES string of the molecule is CCCCl.c1ccc(-c2ccccc2)cc1. The Morgan fingerprint density at radius 2 is 1.06 bits per heavy atom. The van der Waals surface area contributed by atoms with Gasteiger partial charge in [-0.15, -0.1) is 11.6 Å². The molecule has 0 saturated heterocycles. The van der Waals surface area contributed by atoms with Crippen molar-refractivity contribution >= 4 is 11.6 Å². The Hall–Kier alpha value is -1.27. The molecule has 0 unspecified atom stereocenters. The van der Waals surface area contributed by atoms with Crippen molar-refractivity contribution < 1.29 is 0 Å². The van der Waals surface area contributed by atoms with Gasteiger partial charge in [0.15, 0.2) is 0 Å². The van der Waals surface area contributed by atoms with Crippen LogP contribution >= 0.6 is 11.6 Å². The van der Waals surface area contributed by atoms with Gasteiger partial charge in [0, 0.05) is 5.88 Å². The van der Waals surface area contributed by atoms with Crippen molar-refractivity contribution in [3.05, 3.63) is 60.7 Å². The molecule has 0 bridgehead atoms. The molecule has 0 radical (unpaired) electrons. The molecule has 2 aromatic rings. The Bertz CT molecular complexity index is 328. The van der Waals surface area contributed by atoms with Crippen molar-refractivity contribution in [2.24, 2.45) is 0 Å². The molecule has 0 nitrogen and oxygen atoms in total. The van der Waals surface area contributed by atoms with Gasteiger partial charge in [-0.2, -0.15) is 0 Å². The number of hydrogen-bond acceptors (Lipinski definition) is 0. The molecule has 1 heteroatoms. The highest BCUT2D eigenvalue weighted by Gasteiger charge is 1.91. The number of hydrogen-bond donors (Lipinski definition) is 0. The van der Waals surface area contributed by atoms with Gasteiger partial charge in [-0.1, -0.05) is 67.6 Å². The minimum atomic E-state index is 0.792. The van der Waals surface area contributed by atoms with E-state index in [1.54, 1.807) is 0 Å². The fraction of sp³-hybridized carbons (Fsp3) is 0.200. The molecule has 0 aliphatic rings. The number of rotatable bonds is 2. The van der Waals surface area contributed by atoms with Crippen LogP contribution in [0.5, 0.6) is 0 Å². The highest BCUT2D eigenvalue weighted by molar-refractivity contribution is 6.17. The highest BCUT2D eigenvalue weighted by atomic mass is 35.5. The summed E-state index contributed by atoms with van der Waals surface area (Å²) in [5, 5.41) is 0. The first kappa shape index (κ1) is 12.8. The fourth-order valence-electron chi connectivity index (χ4n) is 1.26. The summed E-state index contributed by atoms with van der Waals surface area (Å²) in [5.74, 6) is 0.792. The molecule has 0 aliphatic carbocycles. The zero-order valence-electron chi connectivity index (χ0n) is 9.57. The first-order valence-corrected chi connectivity index (χ1v) is 6.08. The average Bonchev–Trinajstić information content (AvgIpc) is 2.41. The molecule has 2 aromatic carbocycles. The Morgan fingerprint density at radius 3 is 1.31 bits per heavy atom. The van der Waals surface area contributed by atoms with Crippen molar-refractivity contribution in [1.82, 2.24) is 0 Å². The van der Waals surface area contributed by atoms with E-state index in [9.17, 15) is 0 Å². The molecule has 0 atom stereocenters. The maximum absolute atomic E-state index is 5.19. The predicted octanol–water partition coefficient (Wildman–Crippen LogP) is 4.99. The number of alkyl halides is 1. The third-order valence-electron chi connectivity index (χ3n) is 2.07. The molecule has 0 saturated carbocycles. The summed E-state index contributed by atoms with van der Waals surface area (Å²) in [6.07, 6.45) is 1.08. The van der Waals surface area contributed by atoms with E-state index in [2.05, 4.69) is 48.5 Å². The zero-order valence-corrected chi connectivity index (χ0v) is 10.3. The molecule has 2 rings (SSSR count). The van der Waals surface area contributed by atoms with Gasteiger partial charge in [0.25, 0.3) is 0 Å². The molecular weight excluding hydrogens is 216 g/mol. The maximum atomic E-state index is 5.19. The first-order chi connectivity index (χ1) is 7.88. The van der Waals surface area contributed by atoms with Gasteiger partial charge in [0.2, 0.25) is 0 Å². The second-order valence-corrected chi connectivity index (χ2v) is 3.80.